The lowest BCUT2D eigenvalue weighted by atomic mass is 10.0. The summed E-state index contributed by atoms with van der Waals surface area (Å²) in [7, 11) is -4.94. The van der Waals surface area contributed by atoms with E-state index < -0.39 is 10.2 Å². The van der Waals surface area contributed by atoms with Gasteiger partial charge in [-0.25, -0.2) is 18.6 Å². The maximum atomic E-state index is 8.49. The Hall–Kier alpha value is -2.54. The highest BCUT2D eigenvalue weighted by Gasteiger charge is 2.15. The zero-order valence-electron chi connectivity index (χ0n) is 14.9. The fourth-order valence-corrected chi connectivity index (χ4v) is 3.16. The third kappa shape index (κ3) is 4.60. The van der Waals surface area contributed by atoms with Crippen LogP contribution in [0.1, 0.15) is 11.1 Å². The highest BCUT2D eigenvalue weighted by molar-refractivity contribution is 6.06. The molecule has 0 aliphatic heterocycles. The van der Waals surface area contributed by atoms with Crippen LogP contribution in [0.25, 0.3) is 27.4 Å². The molecule has 0 fully saturated rings. The van der Waals surface area contributed by atoms with Crippen LogP contribution in [0.5, 0.6) is 0 Å². The Kier molecular flexibility index (Phi) is 5.41. The van der Waals surface area contributed by atoms with Crippen LogP contribution < -0.4 is 23.2 Å². The second-order valence-electron chi connectivity index (χ2n) is 6.26. The van der Waals surface area contributed by atoms with Gasteiger partial charge in [0, 0.05) is 24.3 Å². The van der Waals surface area contributed by atoms with E-state index in [2.05, 4.69) is 91.3 Å². The van der Waals surface area contributed by atoms with Gasteiger partial charge in [0.1, 0.15) is 0 Å². The van der Waals surface area contributed by atoms with Crippen LogP contribution in [0.15, 0.2) is 72.9 Å². The van der Waals surface area contributed by atoms with E-state index in [0.29, 0.717) is 0 Å². The van der Waals surface area contributed by atoms with Gasteiger partial charge in [-0.1, -0.05) is 42.0 Å². The Bertz CT molecular complexity index is 1080. The van der Waals surface area contributed by atoms with Crippen molar-refractivity contribution in [2.24, 2.45) is 0 Å². The Balaban J connectivity index is 0.000000376. The Labute approximate surface area is 159 Å². The van der Waals surface area contributed by atoms with Crippen LogP contribution >= 0.6 is 0 Å². The van der Waals surface area contributed by atoms with Gasteiger partial charge in [-0.15, -0.1) is 10.2 Å². The first-order valence-electron chi connectivity index (χ1n) is 8.25. The van der Waals surface area contributed by atoms with Crippen LogP contribution in [-0.2, 0) is 0 Å². The molecule has 0 spiro atoms. The Morgan fingerprint density at radius 3 is 2.04 bits per heavy atom. The molecule has 5 nitrogen and oxygen atoms in total. The Morgan fingerprint density at radius 1 is 0.741 bits per heavy atom. The van der Waals surface area contributed by atoms with E-state index in [1.165, 1.54) is 38.5 Å². The number of aromatic nitrogens is 1. The number of benzene rings is 3. The molecule has 4 aromatic rings. The lowest BCUT2D eigenvalue weighted by Gasteiger charge is -2.17. The molecule has 4 rings (SSSR count). The molecule has 1 heterocycles. The molecule has 0 aliphatic carbocycles. The van der Waals surface area contributed by atoms with Crippen molar-refractivity contribution in [3.63, 3.8) is 0 Å². The fraction of sp³-hybridized carbons (Fsp3) is 0.0952. The van der Waals surface area contributed by atoms with Gasteiger partial charge in [-0.3, -0.25) is 0 Å². The molecular weight excluding hydrogens is 366 g/mol. The molecule has 27 heavy (non-hydrogen) atoms. The molecule has 0 aliphatic rings. The summed E-state index contributed by atoms with van der Waals surface area (Å²) >= 11 is 0. The molecule has 0 radical (unpaired) electrons. The average molecular weight is 384 g/mol. The summed E-state index contributed by atoms with van der Waals surface area (Å²) in [6, 6.07) is 23.9. The van der Waals surface area contributed by atoms with Gasteiger partial charge in [0.2, 0.25) is 11.2 Å². The van der Waals surface area contributed by atoms with Gasteiger partial charge in [-0.05, 0) is 36.2 Å². The van der Waals surface area contributed by atoms with Crippen LogP contribution in [0.2, 0.25) is 0 Å². The summed E-state index contributed by atoms with van der Waals surface area (Å²) in [4.78, 5) is 0. The third-order valence-electron chi connectivity index (χ3n) is 4.35. The molecular formula is C21H18ClNO4. The summed E-state index contributed by atoms with van der Waals surface area (Å²) in [5.41, 5.74) is 5.05. The summed E-state index contributed by atoms with van der Waals surface area (Å²) in [6.45, 7) is 4.31. The average Bonchev–Trinajstić information content (AvgIpc) is 2.61. The van der Waals surface area contributed by atoms with Crippen LogP contribution in [0, 0.1) is 24.1 Å². The van der Waals surface area contributed by atoms with Crippen molar-refractivity contribution in [2.75, 3.05) is 0 Å². The molecule has 0 amide bonds. The van der Waals surface area contributed by atoms with E-state index in [1.54, 1.807) is 0 Å². The van der Waals surface area contributed by atoms with Crippen molar-refractivity contribution in [3.8, 4) is 5.69 Å². The van der Waals surface area contributed by atoms with E-state index in [4.69, 9.17) is 18.6 Å². The number of hydrogen-bond acceptors (Lipinski definition) is 4. The molecule has 0 bridgehead atoms. The lowest BCUT2D eigenvalue weighted by molar-refractivity contribution is -2.00. The van der Waals surface area contributed by atoms with Crippen molar-refractivity contribution >= 4 is 21.7 Å². The predicted octanol–water partition coefficient (Wildman–Crippen LogP) is 0.131. The minimum Gasteiger partial charge on any atom is -0.222 e. The first-order valence-corrected chi connectivity index (χ1v) is 9.49. The molecule has 6 heteroatoms. The highest BCUT2D eigenvalue weighted by Crippen LogP contribution is 2.26. The monoisotopic (exact) mass is 383 g/mol. The second-order valence-corrected chi connectivity index (χ2v) is 7.02. The van der Waals surface area contributed by atoms with Gasteiger partial charge < -0.3 is 0 Å². The normalized spacial score (nSPS) is 11.3. The number of aryl methyl sites for hydroxylation is 2. The third-order valence-corrected chi connectivity index (χ3v) is 4.35. The fourth-order valence-electron chi connectivity index (χ4n) is 3.16. The molecule has 0 unspecified atom stereocenters. The molecule has 138 valence electrons. The van der Waals surface area contributed by atoms with Crippen molar-refractivity contribution < 1.29 is 33.4 Å². The van der Waals surface area contributed by atoms with Gasteiger partial charge >= 0.3 is 0 Å². The number of nitrogens with zero attached hydrogens (tertiary/aromatic N) is 1. The first-order chi connectivity index (χ1) is 12.7. The van der Waals surface area contributed by atoms with Gasteiger partial charge in [0.05, 0.1) is 5.39 Å². The Morgan fingerprint density at radius 2 is 1.37 bits per heavy atom. The zero-order chi connectivity index (χ0) is 19.6. The van der Waals surface area contributed by atoms with Crippen molar-refractivity contribution in [3.05, 3.63) is 84.1 Å². The minimum atomic E-state index is -4.94. The molecule has 0 N–H and O–H groups in total. The highest BCUT2D eigenvalue weighted by atomic mass is 35.7. The van der Waals surface area contributed by atoms with Crippen LogP contribution in [0.4, 0.5) is 0 Å². The standard InChI is InChI=1S/C21H18N.ClHO4/c1-15-7-10-18(11-8-15)22-14-13-16(2)21-19-6-4-3-5-17(19)9-12-20(21)22;2-1(3,4)5/h3-14H,1-2H3;(H,2,3,4,5)/q+1;/p-1. The molecule has 3 aromatic carbocycles. The number of fused-ring (bicyclic) bond motifs is 3. The topological polar surface area (TPSA) is 96.1 Å². The molecule has 0 saturated heterocycles. The molecule has 0 atom stereocenters. The van der Waals surface area contributed by atoms with Crippen LogP contribution in [-0.4, -0.2) is 0 Å². The predicted molar refractivity (Wildman–Crippen MR) is 92.5 cm³/mol. The van der Waals surface area contributed by atoms with Crippen molar-refractivity contribution in [2.45, 2.75) is 13.8 Å². The van der Waals surface area contributed by atoms with Gasteiger partial charge in [-0.2, -0.15) is 4.57 Å². The summed E-state index contributed by atoms with van der Waals surface area (Å²) in [6.07, 6.45) is 2.16. The summed E-state index contributed by atoms with van der Waals surface area (Å²) in [5.74, 6) is 0. The summed E-state index contributed by atoms with van der Waals surface area (Å²) < 4.78 is 36.2. The van der Waals surface area contributed by atoms with E-state index >= 15 is 0 Å². The van der Waals surface area contributed by atoms with E-state index in [0.717, 1.165) is 0 Å². The van der Waals surface area contributed by atoms with Gasteiger partial charge in [0.15, 0.2) is 6.20 Å². The second kappa shape index (κ2) is 7.60. The number of pyridine rings is 1. The lowest BCUT2D eigenvalue weighted by Crippen LogP contribution is -2.68. The minimum absolute atomic E-state index is 1.20. The number of hydrogen-bond donors (Lipinski definition) is 0. The van der Waals surface area contributed by atoms with E-state index in [9.17, 15) is 0 Å². The maximum Gasteiger partial charge on any atom is 0.219 e. The molecule has 0 saturated carbocycles. The summed E-state index contributed by atoms with van der Waals surface area (Å²) in [5, 5.41) is 3.94. The van der Waals surface area contributed by atoms with Crippen LogP contribution in [0.3, 0.4) is 0 Å². The van der Waals surface area contributed by atoms with Gasteiger partial charge in [0.25, 0.3) is 0 Å². The quantitative estimate of drug-likeness (QED) is 0.345. The number of halogens is 1. The molecule has 1 aromatic heterocycles. The number of rotatable bonds is 1. The van der Waals surface area contributed by atoms with E-state index in [-0.39, 0.29) is 0 Å². The maximum absolute atomic E-state index is 8.49. The van der Waals surface area contributed by atoms with Crippen molar-refractivity contribution in [1.82, 2.24) is 0 Å². The smallest absolute Gasteiger partial charge is 0.219 e. The van der Waals surface area contributed by atoms with E-state index in [1.807, 2.05) is 0 Å². The first kappa shape index (κ1) is 19.2. The zero-order valence-corrected chi connectivity index (χ0v) is 15.6. The SMILES string of the molecule is Cc1ccc(-[n+]2ccc(C)c3c4ccccc4ccc32)cc1.[O-][Cl+3]([O-])([O-])[O-]. The largest absolute Gasteiger partial charge is 0.222 e. The van der Waals surface area contributed by atoms with Crippen molar-refractivity contribution in [1.29, 1.82) is 0 Å².